The summed E-state index contributed by atoms with van der Waals surface area (Å²) in [6.45, 7) is 12.8. The van der Waals surface area contributed by atoms with E-state index in [0.717, 1.165) is 112 Å². The van der Waals surface area contributed by atoms with Gasteiger partial charge in [0.25, 0.3) is 0 Å². The van der Waals surface area contributed by atoms with Gasteiger partial charge < -0.3 is 19.7 Å². The summed E-state index contributed by atoms with van der Waals surface area (Å²) in [5, 5.41) is 11.1. The largest absolute Gasteiger partial charge is 0.357 e. The Kier molecular flexibility index (Phi) is 9.80. The molecule has 286 valence electrons. The van der Waals surface area contributed by atoms with E-state index >= 15 is 4.39 Å². The number of carbonyl (C=O) groups is 3. The number of anilines is 2. The quantitative estimate of drug-likeness (QED) is 0.215. The molecule has 0 radical (unpaired) electrons. The number of aromatic amines is 2. The maximum Gasteiger partial charge on any atom is 0.243 e. The Balaban J connectivity index is 0.820. The van der Waals surface area contributed by atoms with E-state index in [1.807, 2.05) is 25.1 Å². The van der Waals surface area contributed by atoms with Crippen LogP contribution in [0.25, 0.3) is 22.3 Å². The third kappa shape index (κ3) is 7.27. The number of aromatic nitrogens is 4. The van der Waals surface area contributed by atoms with Gasteiger partial charge in [0.05, 0.1) is 23.3 Å². The minimum absolute atomic E-state index is 0.122. The molecule has 3 N–H and O–H groups in total. The first-order chi connectivity index (χ1) is 25.9. The number of benzene rings is 1. The molecule has 4 aromatic rings. The summed E-state index contributed by atoms with van der Waals surface area (Å²) in [4.78, 5) is 54.2. The maximum atomic E-state index is 15.6. The smallest absolute Gasteiger partial charge is 0.243 e. The average Bonchev–Trinajstić information content (AvgIpc) is 3.77. The molecule has 1 unspecified atom stereocenters. The molecule has 3 fully saturated rings. The van der Waals surface area contributed by atoms with Gasteiger partial charge in [0.2, 0.25) is 17.7 Å². The number of pyridine rings is 1. The summed E-state index contributed by atoms with van der Waals surface area (Å²) in [6.07, 6.45) is 7.84. The summed E-state index contributed by atoms with van der Waals surface area (Å²) >= 11 is 0. The molecule has 12 nitrogen and oxygen atoms in total. The van der Waals surface area contributed by atoms with Crippen LogP contribution in [-0.4, -0.2) is 107 Å². The molecule has 1 aromatic carbocycles. The predicted molar refractivity (Wildman–Crippen MR) is 207 cm³/mol. The molecule has 3 amide bonds. The van der Waals surface area contributed by atoms with Gasteiger partial charge in [-0.2, -0.15) is 5.10 Å². The monoisotopic (exact) mass is 737 g/mol. The van der Waals surface area contributed by atoms with Crippen LogP contribution in [0.1, 0.15) is 75.6 Å². The molecular formula is C41H52FN9O3. The molecule has 3 saturated heterocycles. The highest BCUT2D eigenvalue weighted by Gasteiger charge is 2.33. The fourth-order valence-electron chi connectivity index (χ4n) is 9.00. The van der Waals surface area contributed by atoms with Gasteiger partial charge in [-0.1, -0.05) is 19.9 Å². The van der Waals surface area contributed by atoms with Crippen LogP contribution in [-0.2, 0) is 27.2 Å². The summed E-state index contributed by atoms with van der Waals surface area (Å²) in [5.41, 5.74) is 6.32. The molecule has 3 aromatic heterocycles. The predicted octanol–water partition coefficient (Wildman–Crippen LogP) is 5.01. The lowest BCUT2D eigenvalue weighted by atomic mass is 9.76. The van der Waals surface area contributed by atoms with E-state index < -0.39 is 5.82 Å². The number of nitrogens with one attached hydrogen (secondary N) is 3. The fourth-order valence-corrected chi connectivity index (χ4v) is 9.00. The van der Waals surface area contributed by atoms with Gasteiger partial charge in [0.1, 0.15) is 17.3 Å². The first-order valence-electron chi connectivity index (χ1n) is 19.6. The zero-order chi connectivity index (χ0) is 37.7. The molecule has 54 heavy (non-hydrogen) atoms. The zero-order valence-corrected chi connectivity index (χ0v) is 31.9. The van der Waals surface area contributed by atoms with Crippen LogP contribution >= 0.6 is 0 Å². The number of nitrogens with zero attached hydrogens (tertiary/aromatic N) is 6. The van der Waals surface area contributed by atoms with Crippen LogP contribution in [0.2, 0.25) is 0 Å². The van der Waals surface area contributed by atoms with Gasteiger partial charge in [-0.3, -0.25) is 29.7 Å². The SMILES string of the molecule is C[C@@H](C(=O)N(C)c1cc2[nH]c(-c3n[nH]c4c3CCC(C)(C)C4)cc2cc1F)N1CCN(CC2CCN(c3ccc(C4CCC(=O)NC4=O)cn3)CC2)CC1. The van der Waals surface area contributed by atoms with Gasteiger partial charge in [0.15, 0.2) is 0 Å². The van der Waals surface area contributed by atoms with Crippen molar-refractivity contribution < 1.29 is 18.8 Å². The Morgan fingerprint density at radius 3 is 2.54 bits per heavy atom. The number of fused-ring (bicyclic) bond motifs is 2. The molecule has 1 aliphatic carbocycles. The summed E-state index contributed by atoms with van der Waals surface area (Å²) in [5.74, 6) is 0.219. The van der Waals surface area contributed by atoms with Crippen LogP contribution < -0.4 is 15.1 Å². The van der Waals surface area contributed by atoms with Crippen LogP contribution in [0, 0.1) is 17.2 Å². The van der Waals surface area contributed by atoms with Crippen molar-refractivity contribution in [3.8, 4) is 11.4 Å². The Morgan fingerprint density at radius 2 is 1.81 bits per heavy atom. The lowest BCUT2D eigenvalue weighted by Crippen LogP contribution is -2.55. The van der Waals surface area contributed by atoms with E-state index in [4.69, 9.17) is 0 Å². The van der Waals surface area contributed by atoms with Crippen molar-refractivity contribution in [3.05, 3.63) is 59.2 Å². The topological polar surface area (TPSA) is 134 Å². The molecule has 2 atom stereocenters. The van der Waals surface area contributed by atoms with Crippen LogP contribution in [0.4, 0.5) is 15.9 Å². The molecule has 0 bridgehead atoms. The van der Waals surface area contributed by atoms with Crippen LogP contribution in [0.5, 0.6) is 0 Å². The van der Waals surface area contributed by atoms with Crippen molar-refractivity contribution in [3.63, 3.8) is 0 Å². The van der Waals surface area contributed by atoms with Crippen LogP contribution in [0.3, 0.4) is 0 Å². The summed E-state index contributed by atoms with van der Waals surface area (Å²) < 4.78 is 15.6. The highest BCUT2D eigenvalue weighted by molar-refractivity contribution is 6.01. The second kappa shape index (κ2) is 14.6. The molecule has 6 heterocycles. The molecule has 8 rings (SSSR count). The number of hydrogen-bond donors (Lipinski definition) is 3. The third-order valence-corrected chi connectivity index (χ3v) is 12.5. The molecule has 4 aliphatic rings. The van der Waals surface area contributed by atoms with E-state index in [1.165, 1.54) is 22.2 Å². The van der Waals surface area contributed by atoms with Crippen molar-refractivity contribution in [1.82, 2.24) is 35.3 Å². The molecular weight excluding hydrogens is 686 g/mol. The standard InChI is InChI=1S/C41H52FN9O3/c1-25(40(54)48(4)35-21-32-28(19-31(35)42)20-33(44-32)38-30-9-12-41(2,3)22-34(30)46-47-38)50-17-15-49(16-18-50)24-26-10-13-51(14-11-26)36-7-5-27(23-43-36)29-6-8-37(52)45-39(29)53/h5,7,19-21,23,25-26,29,44H,6,8-18,22,24H2,1-4H3,(H,46,47)(H,45,52,53)/t25-,29?/m0/s1. The Bertz CT molecular complexity index is 2040. The van der Waals surface area contributed by atoms with Crippen molar-refractivity contribution in [2.75, 3.05) is 62.7 Å². The number of H-pyrrole nitrogens is 2. The number of piperidine rings is 2. The fraction of sp³-hybridized carbons (Fsp3) is 0.537. The van der Waals surface area contributed by atoms with Gasteiger partial charge >= 0.3 is 0 Å². The number of carbonyl (C=O) groups excluding carboxylic acids is 3. The Morgan fingerprint density at radius 1 is 1.04 bits per heavy atom. The number of likely N-dealkylation sites (N-methyl/N-ethyl adjacent to an activating group) is 1. The molecule has 0 saturated carbocycles. The van der Waals surface area contributed by atoms with Crippen molar-refractivity contribution in [2.45, 2.75) is 77.7 Å². The van der Waals surface area contributed by atoms with E-state index in [2.05, 4.69) is 54.0 Å². The second-order valence-corrected chi connectivity index (χ2v) is 16.7. The maximum absolute atomic E-state index is 15.6. The van der Waals surface area contributed by atoms with E-state index in [-0.39, 0.29) is 40.8 Å². The van der Waals surface area contributed by atoms with Crippen molar-refractivity contribution >= 4 is 40.1 Å². The molecule has 0 spiro atoms. The van der Waals surface area contributed by atoms with Crippen LogP contribution in [0.15, 0.2) is 36.5 Å². The number of imide groups is 1. The molecule has 3 aliphatic heterocycles. The Labute approximate surface area is 315 Å². The van der Waals surface area contributed by atoms with Crippen molar-refractivity contribution in [1.29, 1.82) is 0 Å². The van der Waals surface area contributed by atoms with E-state index in [9.17, 15) is 14.4 Å². The number of rotatable bonds is 8. The average molecular weight is 738 g/mol. The zero-order valence-electron chi connectivity index (χ0n) is 31.9. The number of piperazine rings is 1. The number of amides is 3. The Hall–Kier alpha value is -4.62. The van der Waals surface area contributed by atoms with Gasteiger partial charge in [-0.25, -0.2) is 9.37 Å². The minimum atomic E-state index is -0.419. The third-order valence-electron chi connectivity index (χ3n) is 12.5. The normalized spacial score (nSPS) is 21.9. The van der Waals surface area contributed by atoms with Gasteiger partial charge in [-0.15, -0.1) is 0 Å². The first-order valence-corrected chi connectivity index (χ1v) is 19.6. The molecule has 13 heteroatoms. The number of halogens is 1. The lowest BCUT2D eigenvalue weighted by molar-refractivity contribution is -0.134. The van der Waals surface area contributed by atoms with E-state index in [0.29, 0.717) is 18.8 Å². The highest BCUT2D eigenvalue weighted by Crippen LogP contribution is 2.39. The number of hydrogen-bond acceptors (Lipinski definition) is 8. The second-order valence-electron chi connectivity index (χ2n) is 16.7. The van der Waals surface area contributed by atoms with Gasteiger partial charge in [0, 0.05) is 87.6 Å². The summed E-state index contributed by atoms with van der Waals surface area (Å²) in [7, 11) is 1.67. The highest BCUT2D eigenvalue weighted by atomic mass is 19.1. The minimum Gasteiger partial charge on any atom is -0.357 e. The van der Waals surface area contributed by atoms with Gasteiger partial charge in [-0.05, 0) is 86.6 Å². The lowest BCUT2D eigenvalue weighted by Gasteiger charge is -2.41. The van der Waals surface area contributed by atoms with Crippen molar-refractivity contribution in [2.24, 2.45) is 11.3 Å². The summed E-state index contributed by atoms with van der Waals surface area (Å²) in [6, 6.07) is 8.81. The van der Waals surface area contributed by atoms with E-state index in [1.54, 1.807) is 19.3 Å². The first kappa shape index (κ1) is 36.4.